The number of hydrogen-bond acceptors (Lipinski definition) is 3. The highest BCUT2D eigenvalue weighted by Gasteiger charge is 2.19. The van der Waals surface area contributed by atoms with Gasteiger partial charge < -0.3 is 10.1 Å². The Morgan fingerprint density at radius 3 is 2.59 bits per heavy atom. The van der Waals surface area contributed by atoms with Crippen LogP contribution in [0.4, 0.5) is 0 Å². The van der Waals surface area contributed by atoms with Gasteiger partial charge in [-0.1, -0.05) is 65.7 Å². The third-order valence-corrected chi connectivity index (χ3v) is 5.29. The predicted molar refractivity (Wildman–Crippen MR) is 110 cm³/mol. The van der Waals surface area contributed by atoms with Crippen molar-refractivity contribution in [3.63, 3.8) is 0 Å². The van der Waals surface area contributed by atoms with Crippen LogP contribution >= 0.6 is 23.2 Å². The first-order valence-electron chi connectivity index (χ1n) is 8.91. The van der Waals surface area contributed by atoms with Crippen LogP contribution in [0.5, 0.6) is 0 Å². The van der Waals surface area contributed by atoms with Crippen LogP contribution in [0, 0.1) is 0 Å². The summed E-state index contributed by atoms with van der Waals surface area (Å²) in [5.74, 6) is -0.173. The van der Waals surface area contributed by atoms with Crippen molar-refractivity contribution >= 4 is 35.2 Å². The van der Waals surface area contributed by atoms with Crippen LogP contribution in [-0.2, 0) is 9.53 Å². The fourth-order valence-corrected chi connectivity index (χ4v) is 3.37. The third kappa shape index (κ3) is 5.81. The molecule has 0 aromatic heterocycles. The van der Waals surface area contributed by atoms with Gasteiger partial charge in [0.05, 0.1) is 29.3 Å². The minimum atomic E-state index is -0.173. The van der Waals surface area contributed by atoms with Gasteiger partial charge in [0.15, 0.2) is 0 Å². The minimum absolute atomic E-state index is 0.101. The fraction of sp³-hybridized carbons (Fsp3) is 0.286. The molecule has 0 saturated carbocycles. The number of rotatable bonds is 6. The summed E-state index contributed by atoms with van der Waals surface area (Å²) >= 11 is 12.2. The largest absolute Gasteiger partial charge is 0.379 e. The molecule has 3 rings (SSSR count). The van der Waals surface area contributed by atoms with Crippen molar-refractivity contribution in [1.82, 2.24) is 10.2 Å². The molecule has 1 atom stereocenters. The molecule has 0 aliphatic carbocycles. The van der Waals surface area contributed by atoms with Crippen molar-refractivity contribution in [2.45, 2.75) is 6.04 Å². The van der Waals surface area contributed by atoms with Crippen LogP contribution in [0.3, 0.4) is 0 Å². The highest BCUT2D eigenvalue weighted by atomic mass is 35.5. The van der Waals surface area contributed by atoms with E-state index >= 15 is 0 Å². The Labute approximate surface area is 169 Å². The van der Waals surface area contributed by atoms with Gasteiger partial charge in [-0.15, -0.1) is 0 Å². The topological polar surface area (TPSA) is 41.6 Å². The number of carbonyl (C=O) groups is 1. The van der Waals surface area contributed by atoms with E-state index in [9.17, 15) is 4.79 Å². The number of nitrogens with one attached hydrogen (secondary N) is 1. The zero-order valence-corrected chi connectivity index (χ0v) is 16.4. The summed E-state index contributed by atoms with van der Waals surface area (Å²) in [4.78, 5) is 14.8. The summed E-state index contributed by atoms with van der Waals surface area (Å²) in [7, 11) is 0. The molecule has 1 fully saturated rings. The zero-order chi connectivity index (χ0) is 19.1. The maximum absolute atomic E-state index is 12.5. The van der Waals surface area contributed by atoms with E-state index < -0.39 is 0 Å². The van der Waals surface area contributed by atoms with E-state index in [1.165, 1.54) is 6.08 Å². The van der Waals surface area contributed by atoms with Crippen LogP contribution in [0.15, 0.2) is 54.6 Å². The van der Waals surface area contributed by atoms with Gasteiger partial charge in [-0.2, -0.15) is 0 Å². The lowest BCUT2D eigenvalue weighted by Gasteiger charge is -2.31. The lowest BCUT2D eigenvalue weighted by Crippen LogP contribution is -2.42. The first kappa shape index (κ1) is 19.9. The smallest absolute Gasteiger partial charge is 0.244 e. The van der Waals surface area contributed by atoms with Crippen molar-refractivity contribution in [1.29, 1.82) is 0 Å². The Morgan fingerprint density at radius 2 is 1.85 bits per heavy atom. The molecule has 6 heteroatoms. The number of halogens is 2. The Balaban J connectivity index is 1.69. The third-order valence-electron chi connectivity index (χ3n) is 4.46. The Hall–Kier alpha value is -1.85. The van der Waals surface area contributed by atoms with Crippen molar-refractivity contribution < 1.29 is 9.53 Å². The van der Waals surface area contributed by atoms with Gasteiger partial charge >= 0.3 is 0 Å². The molecule has 0 spiro atoms. The maximum atomic E-state index is 12.5. The standard InChI is InChI=1S/C21H22Cl2N2O2/c22-18-8-4-7-17(21(18)23)9-10-20(26)24-19(16-5-2-1-3-6-16)15-25-11-13-27-14-12-25/h1-10,19H,11-15H2,(H,24,26)/b10-9+/t19-/m0/s1. The number of hydrogen-bond donors (Lipinski definition) is 1. The van der Waals surface area contributed by atoms with Crippen molar-refractivity contribution in [3.8, 4) is 0 Å². The van der Waals surface area contributed by atoms with E-state index in [1.807, 2.05) is 36.4 Å². The first-order valence-corrected chi connectivity index (χ1v) is 9.67. The molecule has 0 unspecified atom stereocenters. The van der Waals surface area contributed by atoms with Gasteiger partial charge in [-0.05, 0) is 23.3 Å². The second kappa shape index (κ2) is 9.90. The number of benzene rings is 2. The van der Waals surface area contributed by atoms with Gasteiger partial charge in [0.25, 0.3) is 0 Å². The molecular formula is C21H22Cl2N2O2. The molecule has 142 valence electrons. The molecule has 0 radical (unpaired) electrons. The lowest BCUT2D eigenvalue weighted by atomic mass is 10.1. The maximum Gasteiger partial charge on any atom is 0.244 e. The molecule has 1 N–H and O–H groups in total. The molecule has 1 aliphatic rings. The summed E-state index contributed by atoms with van der Waals surface area (Å²) in [6.45, 7) is 3.93. The number of carbonyl (C=O) groups excluding carboxylic acids is 1. The molecule has 2 aromatic carbocycles. The van der Waals surface area contributed by atoms with Crippen molar-refractivity contribution in [2.75, 3.05) is 32.8 Å². The van der Waals surface area contributed by atoms with Crippen molar-refractivity contribution in [3.05, 3.63) is 75.8 Å². The molecule has 27 heavy (non-hydrogen) atoms. The average molecular weight is 405 g/mol. The van der Waals surface area contributed by atoms with E-state index in [4.69, 9.17) is 27.9 Å². The molecular weight excluding hydrogens is 383 g/mol. The van der Waals surface area contributed by atoms with Crippen LogP contribution in [0.25, 0.3) is 6.08 Å². The number of nitrogens with zero attached hydrogens (tertiary/aromatic N) is 1. The highest BCUT2D eigenvalue weighted by Crippen LogP contribution is 2.26. The van der Waals surface area contributed by atoms with Crippen LogP contribution in [0.1, 0.15) is 17.2 Å². The number of morpholine rings is 1. The molecule has 0 bridgehead atoms. The van der Waals surface area contributed by atoms with E-state index in [0.29, 0.717) is 15.6 Å². The first-order chi connectivity index (χ1) is 13.1. The second-order valence-electron chi connectivity index (χ2n) is 6.36. The normalized spacial score (nSPS) is 16.4. The highest BCUT2D eigenvalue weighted by molar-refractivity contribution is 6.42. The lowest BCUT2D eigenvalue weighted by molar-refractivity contribution is -0.117. The number of ether oxygens (including phenoxy) is 1. The van der Waals surface area contributed by atoms with Crippen molar-refractivity contribution in [2.24, 2.45) is 0 Å². The monoisotopic (exact) mass is 404 g/mol. The molecule has 1 saturated heterocycles. The quantitative estimate of drug-likeness (QED) is 0.733. The SMILES string of the molecule is O=C(/C=C/c1cccc(Cl)c1Cl)N[C@@H](CN1CCOCC1)c1ccccc1. The Bertz CT molecular complexity index is 790. The van der Waals surface area contributed by atoms with E-state index in [2.05, 4.69) is 10.2 Å². The number of amides is 1. The predicted octanol–water partition coefficient (Wildman–Crippen LogP) is 4.20. The summed E-state index contributed by atoms with van der Waals surface area (Å²) in [5, 5.41) is 4.01. The molecule has 1 heterocycles. The fourth-order valence-electron chi connectivity index (χ4n) is 3.00. The molecule has 1 amide bonds. The van der Waals surface area contributed by atoms with Gasteiger partial charge in [0.1, 0.15) is 0 Å². The summed E-state index contributed by atoms with van der Waals surface area (Å²) in [6.07, 6.45) is 3.17. The summed E-state index contributed by atoms with van der Waals surface area (Å²) < 4.78 is 5.41. The second-order valence-corrected chi connectivity index (χ2v) is 7.15. The summed E-state index contributed by atoms with van der Waals surface area (Å²) in [6, 6.07) is 15.2. The molecule has 1 aliphatic heterocycles. The van der Waals surface area contributed by atoms with E-state index in [0.717, 1.165) is 38.4 Å². The zero-order valence-electron chi connectivity index (χ0n) is 14.9. The van der Waals surface area contributed by atoms with E-state index in [-0.39, 0.29) is 11.9 Å². The van der Waals surface area contributed by atoms with Gasteiger partial charge in [-0.3, -0.25) is 9.69 Å². The average Bonchev–Trinajstić information content (AvgIpc) is 2.70. The molecule has 4 nitrogen and oxygen atoms in total. The van der Waals surface area contributed by atoms with Crippen LogP contribution < -0.4 is 5.32 Å². The van der Waals surface area contributed by atoms with Gasteiger partial charge in [0, 0.05) is 25.7 Å². The van der Waals surface area contributed by atoms with E-state index in [1.54, 1.807) is 18.2 Å². The van der Waals surface area contributed by atoms with Gasteiger partial charge in [0.2, 0.25) is 5.91 Å². The van der Waals surface area contributed by atoms with Crippen LogP contribution in [-0.4, -0.2) is 43.7 Å². The Kier molecular flexibility index (Phi) is 7.30. The van der Waals surface area contributed by atoms with Crippen LogP contribution in [0.2, 0.25) is 10.0 Å². The molecule has 2 aromatic rings. The Morgan fingerprint density at radius 1 is 1.11 bits per heavy atom. The van der Waals surface area contributed by atoms with Gasteiger partial charge in [-0.25, -0.2) is 0 Å². The minimum Gasteiger partial charge on any atom is -0.379 e. The summed E-state index contributed by atoms with van der Waals surface area (Å²) in [5.41, 5.74) is 1.79.